The number of aromatic nitrogens is 4. The third-order valence-corrected chi connectivity index (χ3v) is 6.16. The number of anilines is 1. The second-order valence-electron chi connectivity index (χ2n) is 9.89. The van der Waals surface area contributed by atoms with Crippen molar-refractivity contribution in [2.45, 2.75) is 65.6 Å². The number of aryl methyl sites for hydroxylation is 2. The minimum atomic E-state index is -0.777. The first-order valence-electron chi connectivity index (χ1n) is 11.3. The highest BCUT2D eigenvalue weighted by Crippen LogP contribution is 2.36. The number of carbonyl (C=O) groups is 1. The lowest BCUT2D eigenvalue weighted by Crippen LogP contribution is -2.48. The van der Waals surface area contributed by atoms with E-state index in [-0.39, 0.29) is 23.7 Å². The molecule has 3 fully saturated rings. The van der Waals surface area contributed by atoms with Gasteiger partial charge in [0.2, 0.25) is 5.82 Å². The Hall–Kier alpha value is -3.08. The summed E-state index contributed by atoms with van der Waals surface area (Å²) in [6, 6.07) is 0.300. The van der Waals surface area contributed by atoms with Gasteiger partial charge in [0, 0.05) is 18.3 Å². The molecule has 0 aliphatic carbocycles. The van der Waals surface area contributed by atoms with Gasteiger partial charge in [-0.15, -0.1) is 0 Å². The minimum Gasteiger partial charge on any atom is -0.443 e. The average Bonchev–Trinajstić information content (AvgIpc) is 3.19. The Kier molecular flexibility index (Phi) is 6.08. The number of amides is 1. The minimum absolute atomic E-state index is 0.0484. The van der Waals surface area contributed by atoms with Crippen molar-refractivity contribution in [1.29, 1.82) is 0 Å². The Bertz CT molecular complexity index is 1050. The SMILES string of the molecule is Cc1nc(C)c([N+](=O)[O-])c(N(Cc2cnn(C3CN4CCC3CC4)c2)C(=O)OC(C)(C)C)n1. The summed E-state index contributed by atoms with van der Waals surface area (Å²) in [6.45, 7) is 11.7. The van der Waals surface area contributed by atoms with Crippen molar-refractivity contribution >= 4 is 17.6 Å². The van der Waals surface area contributed by atoms with Crippen LogP contribution in [0.2, 0.25) is 0 Å². The van der Waals surface area contributed by atoms with Crippen molar-refractivity contribution in [1.82, 2.24) is 24.6 Å². The van der Waals surface area contributed by atoms with Crippen LogP contribution in [-0.4, -0.2) is 60.9 Å². The van der Waals surface area contributed by atoms with Crippen LogP contribution in [0.5, 0.6) is 0 Å². The lowest BCUT2D eigenvalue weighted by molar-refractivity contribution is -0.385. The Morgan fingerprint density at radius 2 is 1.97 bits per heavy atom. The first kappa shape index (κ1) is 23.1. The Labute approximate surface area is 192 Å². The molecule has 2 aromatic rings. The van der Waals surface area contributed by atoms with E-state index in [0.717, 1.165) is 38.0 Å². The molecular formula is C22H31N7O4. The van der Waals surface area contributed by atoms with Crippen LogP contribution in [0.3, 0.4) is 0 Å². The van der Waals surface area contributed by atoms with E-state index in [2.05, 4.69) is 20.0 Å². The third-order valence-electron chi connectivity index (χ3n) is 6.16. The Balaban J connectivity index is 1.67. The molecule has 3 saturated heterocycles. The van der Waals surface area contributed by atoms with Crippen LogP contribution in [0, 0.1) is 29.9 Å². The molecule has 11 heteroatoms. The number of nitrogens with zero attached hydrogens (tertiary/aromatic N) is 7. The van der Waals surface area contributed by atoms with E-state index in [9.17, 15) is 14.9 Å². The van der Waals surface area contributed by atoms with E-state index in [1.165, 1.54) is 11.8 Å². The number of ether oxygens (including phenoxy) is 1. The summed E-state index contributed by atoms with van der Waals surface area (Å²) in [7, 11) is 0. The molecule has 2 aromatic heterocycles. The van der Waals surface area contributed by atoms with Crippen molar-refractivity contribution in [2.24, 2.45) is 5.92 Å². The van der Waals surface area contributed by atoms with Gasteiger partial charge < -0.3 is 9.64 Å². The molecule has 3 aliphatic rings. The lowest BCUT2D eigenvalue weighted by Gasteiger charge is -2.44. The van der Waals surface area contributed by atoms with Gasteiger partial charge in [0.15, 0.2) is 0 Å². The molecule has 0 radical (unpaired) electrons. The first-order chi connectivity index (χ1) is 15.5. The van der Waals surface area contributed by atoms with Gasteiger partial charge in [-0.25, -0.2) is 14.8 Å². The zero-order valence-electron chi connectivity index (χ0n) is 19.8. The molecule has 0 saturated carbocycles. The Morgan fingerprint density at radius 3 is 2.55 bits per heavy atom. The van der Waals surface area contributed by atoms with Crippen molar-refractivity contribution < 1.29 is 14.5 Å². The molecule has 5 heterocycles. The van der Waals surface area contributed by atoms with Crippen molar-refractivity contribution in [3.05, 3.63) is 39.6 Å². The number of rotatable bonds is 5. The molecule has 2 bridgehead atoms. The molecule has 3 aliphatic heterocycles. The number of piperidine rings is 3. The summed E-state index contributed by atoms with van der Waals surface area (Å²) >= 11 is 0. The topological polar surface area (TPSA) is 120 Å². The van der Waals surface area contributed by atoms with Crippen molar-refractivity contribution in [3.8, 4) is 0 Å². The maximum Gasteiger partial charge on any atom is 0.416 e. The number of carbonyl (C=O) groups excluding carboxylic acids is 1. The molecule has 1 amide bonds. The van der Waals surface area contributed by atoms with Gasteiger partial charge in [-0.3, -0.25) is 19.7 Å². The van der Waals surface area contributed by atoms with E-state index in [1.54, 1.807) is 33.9 Å². The second-order valence-corrected chi connectivity index (χ2v) is 9.89. The molecule has 0 N–H and O–H groups in total. The van der Waals surface area contributed by atoms with Gasteiger partial charge >= 0.3 is 11.8 Å². The van der Waals surface area contributed by atoms with Crippen molar-refractivity contribution in [2.75, 3.05) is 24.5 Å². The quantitative estimate of drug-likeness (QED) is 0.495. The number of fused-ring (bicyclic) bond motifs is 3. The maximum absolute atomic E-state index is 13.2. The first-order valence-corrected chi connectivity index (χ1v) is 11.3. The average molecular weight is 458 g/mol. The van der Waals surface area contributed by atoms with Gasteiger partial charge in [0.1, 0.15) is 17.1 Å². The number of hydrogen-bond acceptors (Lipinski definition) is 8. The van der Waals surface area contributed by atoms with Crippen LogP contribution in [-0.2, 0) is 11.3 Å². The van der Waals surface area contributed by atoms with Crippen LogP contribution in [0.4, 0.5) is 16.3 Å². The summed E-state index contributed by atoms with van der Waals surface area (Å²) < 4.78 is 7.55. The summed E-state index contributed by atoms with van der Waals surface area (Å²) in [5.41, 5.74) is -0.142. The maximum atomic E-state index is 13.2. The summed E-state index contributed by atoms with van der Waals surface area (Å²) in [4.78, 5) is 36.5. The van der Waals surface area contributed by atoms with E-state index in [1.807, 2.05) is 10.9 Å². The monoisotopic (exact) mass is 457 g/mol. The molecule has 0 aromatic carbocycles. The normalized spacial score (nSPS) is 22.3. The smallest absolute Gasteiger partial charge is 0.416 e. The van der Waals surface area contributed by atoms with Crippen LogP contribution in [0.25, 0.3) is 0 Å². The predicted octanol–water partition coefficient (Wildman–Crippen LogP) is 3.41. The fourth-order valence-electron chi connectivity index (χ4n) is 4.69. The van der Waals surface area contributed by atoms with Gasteiger partial charge in [0.25, 0.3) is 0 Å². The number of nitro groups is 1. The van der Waals surface area contributed by atoms with Crippen molar-refractivity contribution in [3.63, 3.8) is 0 Å². The summed E-state index contributed by atoms with van der Waals surface area (Å²) in [5, 5.41) is 16.4. The van der Waals surface area contributed by atoms with Crippen LogP contribution >= 0.6 is 0 Å². The highest BCUT2D eigenvalue weighted by atomic mass is 16.6. The van der Waals surface area contributed by atoms with Crippen LogP contribution in [0.1, 0.15) is 56.7 Å². The molecular weight excluding hydrogens is 426 g/mol. The lowest BCUT2D eigenvalue weighted by atomic mass is 9.84. The number of hydrogen-bond donors (Lipinski definition) is 0. The predicted molar refractivity (Wildman–Crippen MR) is 121 cm³/mol. The molecule has 11 nitrogen and oxygen atoms in total. The molecule has 0 spiro atoms. The van der Waals surface area contributed by atoms with Gasteiger partial charge in [-0.05, 0) is 66.5 Å². The van der Waals surface area contributed by atoms with Crippen LogP contribution in [0.15, 0.2) is 12.4 Å². The zero-order chi connectivity index (χ0) is 23.9. The Morgan fingerprint density at radius 1 is 1.27 bits per heavy atom. The zero-order valence-corrected chi connectivity index (χ0v) is 19.8. The molecule has 5 rings (SSSR count). The molecule has 1 unspecified atom stereocenters. The summed E-state index contributed by atoms with van der Waals surface area (Å²) in [6.07, 6.45) is 5.25. The van der Waals surface area contributed by atoms with Gasteiger partial charge in [-0.2, -0.15) is 5.10 Å². The molecule has 178 valence electrons. The fraction of sp³-hybridized carbons (Fsp3) is 0.636. The van der Waals surface area contributed by atoms with E-state index >= 15 is 0 Å². The third kappa shape index (κ3) is 4.97. The molecule has 33 heavy (non-hydrogen) atoms. The van der Waals surface area contributed by atoms with Gasteiger partial charge in [-0.1, -0.05) is 0 Å². The van der Waals surface area contributed by atoms with E-state index in [4.69, 9.17) is 4.74 Å². The largest absolute Gasteiger partial charge is 0.443 e. The van der Waals surface area contributed by atoms with E-state index in [0.29, 0.717) is 17.8 Å². The summed E-state index contributed by atoms with van der Waals surface area (Å²) in [5.74, 6) is 0.859. The van der Waals surface area contributed by atoms with Gasteiger partial charge in [0.05, 0.1) is 23.7 Å². The highest BCUT2D eigenvalue weighted by Gasteiger charge is 2.36. The standard InChI is InChI=1S/C22H31N7O4/c1-14-19(29(31)32)20(25-15(2)24-14)27(21(30)33-22(3,4)5)11-16-10-23-28(12-16)18-13-26-8-6-17(18)7-9-26/h10,12,17-18H,6-9,11,13H2,1-5H3. The fourth-order valence-corrected chi connectivity index (χ4v) is 4.69. The van der Waals surface area contributed by atoms with E-state index < -0.39 is 16.6 Å². The highest BCUT2D eigenvalue weighted by molar-refractivity contribution is 5.89. The van der Waals surface area contributed by atoms with Crippen LogP contribution < -0.4 is 4.90 Å². The molecule has 1 atom stereocenters. The second kappa shape index (κ2) is 8.69.